The lowest BCUT2D eigenvalue weighted by atomic mass is 10.0. The second kappa shape index (κ2) is 7.14. The summed E-state index contributed by atoms with van der Waals surface area (Å²) in [4.78, 5) is 0. The maximum atomic E-state index is 5.41. The molecular weight excluding hydrogens is 206 g/mol. The summed E-state index contributed by atoms with van der Waals surface area (Å²) in [6, 6.07) is 8.99. The average molecular weight is 229 g/mol. The number of benzene rings is 1. The van der Waals surface area contributed by atoms with Gasteiger partial charge in [0.05, 0.1) is 6.04 Å². The zero-order chi connectivity index (χ0) is 12.7. The first-order valence-corrected chi connectivity index (χ1v) is 6.43. The van der Waals surface area contributed by atoms with Crippen LogP contribution in [0.25, 0.3) is 0 Å². The number of hydrogen-bond donors (Lipinski definition) is 1. The monoisotopic (exact) mass is 229 g/mol. The van der Waals surface area contributed by atoms with Crippen molar-refractivity contribution in [1.29, 1.82) is 0 Å². The Kier molecular flexibility index (Phi) is 5.80. The van der Waals surface area contributed by atoms with Crippen molar-refractivity contribution in [2.24, 2.45) is 5.92 Å². The third-order valence-electron chi connectivity index (χ3n) is 2.83. The van der Waals surface area contributed by atoms with E-state index in [9.17, 15) is 0 Å². The van der Waals surface area contributed by atoms with Crippen molar-refractivity contribution in [3.63, 3.8) is 0 Å². The Hall–Kier alpha value is -1.26. The second-order valence-corrected chi connectivity index (χ2v) is 4.92. The SMILES string of the molecule is C#CC(CC)NCc1ccc(CC(C)C)cc1. The fraction of sp³-hybridized carbons (Fsp3) is 0.500. The van der Waals surface area contributed by atoms with E-state index in [1.807, 2.05) is 0 Å². The van der Waals surface area contributed by atoms with Crippen LogP contribution in [0.5, 0.6) is 0 Å². The minimum Gasteiger partial charge on any atom is -0.300 e. The first-order chi connectivity index (χ1) is 8.15. The van der Waals surface area contributed by atoms with Gasteiger partial charge in [-0.05, 0) is 29.9 Å². The Balaban J connectivity index is 2.48. The van der Waals surface area contributed by atoms with Crippen LogP contribution in [-0.4, -0.2) is 6.04 Å². The predicted molar refractivity (Wildman–Crippen MR) is 74.7 cm³/mol. The van der Waals surface area contributed by atoms with Gasteiger partial charge in [-0.1, -0.05) is 51.0 Å². The summed E-state index contributed by atoms with van der Waals surface area (Å²) < 4.78 is 0. The van der Waals surface area contributed by atoms with E-state index in [4.69, 9.17) is 6.42 Å². The molecule has 0 heterocycles. The van der Waals surface area contributed by atoms with Gasteiger partial charge < -0.3 is 0 Å². The van der Waals surface area contributed by atoms with Crippen molar-refractivity contribution in [3.8, 4) is 12.3 Å². The number of terminal acetylenes is 1. The molecule has 0 aromatic heterocycles. The molecule has 0 amide bonds. The molecule has 0 saturated carbocycles. The van der Waals surface area contributed by atoms with E-state index >= 15 is 0 Å². The molecule has 1 atom stereocenters. The predicted octanol–water partition coefficient (Wildman–Crippen LogP) is 3.39. The van der Waals surface area contributed by atoms with E-state index in [1.54, 1.807) is 0 Å². The molecule has 1 aromatic rings. The summed E-state index contributed by atoms with van der Waals surface area (Å²) in [5.74, 6) is 3.46. The Labute approximate surface area is 106 Å². The largest absolute Gasteiger partial charge is 0.300 e. The Morgan fingerprint density at radius 2 is 1.76 bits per heavy atom. The minimum absolute atomic E-state index is 0.186. The number of rotatable bonds is 6. The summed E-state index contributed by atoms with van der Waals surface area (Å²) in [5.41, 5.74) is 2.71. The van der Waals surface area contributed by atoms with Gasteiger partial charge in [0.15, 0.2) is 0 Å². The Morgan fingerprint density at radius 3 is 2.24 bits per heavy atom. The van der Waals surface area contributed by atoms with Crippen LogP contribution >= 0.6 is 0 Å². The molecule has 0 aliphatic heterocycles. The van der Waals surface area contributed by atoms with Gasteiger partial charge in [-0.25, -0.2) is 0 Å². The van der Waals surface area contributed by atoms with Gasteiger partial charge in [0.2, 0.25) is 0 Å². The van der Waals surface area contributed by atoms with Crippen LogP contribution in [0.1, 0.15) is 38.3 Å². The first kappa shape index (κ1) is 13.8. The highest BCUT2D eigenvalue weighted by atomic mass is 14.9. The topological polar surface area (TPSA) is 12.0 Å². The maximum absolute atomic E-state index is 5.41. The third-order valence-corrected chi connectivity index (χ3v) is 2.83. The lowest BCUT2D eigenvalue weighted by Crippen LogP contribution is -2.26. The lowest BCUT2D eigenvalue weighted by Gasteiger charge is -2.11. The van der Waals surface area contributed by atoms with Crippen LogP contribution in [0.4, 0.5) is 0 Å². The summed E-state index contributed by atoms with van der Waals surface area (Å²) >= 11 is 0. The van der Waals surface area contributed by atoms with Crippen molar-refractivity contribution in [1.82, 2.24) is 5.32 Å². The molecular formula is C16H23N. The van der Waals surface area contributed by atoms with Gasteiger partial charge in [-0.15, -0.1) is 6.42 Å². The van der Waals surface area contributed by atoms with Crippen molar-refractivity contribution < 1.29 is 0 Å². The standard InChI is InChI=1S/C16H23N/c1-5-16(6-2)17-12-15-9-7-14(8-10-15)11-13(3)4/h1,7-10,13,16-17H,6,11-12H2,2-4H3. The average Bonchev–Trinajstić information content (AvgIpc) is 2.32. The van der Waals surface area contributed by atoms with E-state index in [-0.39, 0.29) is 6.04 Å². The summed E-state index contributed by atoms with van der Waals surface area (Å²) in [7, 11) is 0. The first-order valence-electron chi connectivity index (χ1n) is 6.43. The molecule has 17 heavy (non-hydrogen) atoms. The molecule has 1 nitrogen and oxygen atoms in total. The van der Waals surface area contributed by atoms with Crippen molar-refractivity contribution in [2.45, 2.75) is 46.2 Å². The molecule has 92 valence electrons. The maximum Gasteiger partial charge on any atom is 0.0686 e. The van der Waals surface area contributed by atoms with Crippen LogP contribution in [0.15, 0.2) is 24.3 Å². The molecule has 0 fully saturated rings. The van der Waals surface area contributed by atoms with E-state index in [1.165, 1.54) is 11.1 Å². The fourth-order valence-electron chi connectivity index (χ4n) is 1.83. The Bertz CT molecular complexity index is 356. The molecule has 0 bridgehead atoms. The van der Waals surface area contributed by atoms with Crippen molar-refractivity contribution in [2.75, 3.05) is 0 Å². The third kappa shape index (κ3) is 5.06. The summed E-state index contributed by atoms with van der Waals surface area (Å²) in [6.07, 6.45) is 7.54. The lowest BCUT2D eigenvalue weighted by molar-refractivity contribution is 0.592. The highest BCUT2D eigenvalue weighted by Gasteiger charge is 2.01. The normalized spacial score (nSPS) is 12.4. The molecule has 1 heteroatoms. The zero-order valence-corrected chi connectivity index (χ0v) is 11.2. The molecule has 0 saturated heterocycles. The molecule has 1 rings (SSSR count). The minimum atomic E-state index is 0.186. The molecule has 1 N–H and O–H groups in total. The number of hydrogen-bond acceptors (Lipinski definition) is 1. The van der Waals surface area contributed by atoms with E-state index < -0.39 is 0 Å². The molecule has 0 aliphatic rings. The van der Waals surface area contributed by atoms with Crippen LogP contribution in [0.3, 0.4) is 0 Å². The van der Waals surface area contributed by atoms with Gasteiger partial charge >= 0.3 is 0 Å². The van der Waals surface area contributed by atoms with Gasteiger partial charge in [0, 0.05) is 6.54 Å². The molecule has 1 unspecified atom stereocenters. The van der Waals surface area contributed by atoms with Gasteiger partial charge in [-0.3, -0.25) is 5.32 Å². The summed E-state index contributed by atoms with van der Waals surface area (Å²) in [6.45, 7) is 7.44. The van der Waals surface area contributed by atoms with E-state index in [2.05, 4.69) is 56.3 Å². The second-order valence-electron chi connectivity index (χ2n) is 4.92. The highest BCUT2D eigenvalue weighted by Crippen LogP contribution is 2.09. The van der Waals surface area contributed by atoms with Crippen LogP contribution in [-0.2, 0) is 13.0 Å². The molecule has 0 radical (unpaired) electrons. The van der Waals surface area contributed by atoms with E-state index in [0.29, 0.717) is 5.92 Å². The van der Waals surface area contributed by atoms with E-state index in [0.717, 1.165) is 19.4 Å². The smallest absolute Gasteiger partial charge is 0.0686 e. The molecule has 0 spiro atoms. The highest BCUT2D eigenvalue weighted by molar-refractivity contribution is 5.23. The van der Waals surface area contributed by atoms with Crippen LogP contribution in [0, 0.1) is 18.3 Å². The quantitative estimate of drug-likeness (QED) is 0.737. The zero-order valence-electron chi connectivity index (χ0n) is 11.2. The van der Waals surface area contributed by atoms with Crippen LogP contribution in [0.2, 0.25) is 0 Å². The van der Waals surface area contributed by atoms with Gasteiger partial charge in [0.25, 0.3) is 0 Å². The Morgan fingerprint density at radius 1 is 1.18 bits per heavy atom. The summed E-state index contributed by atoms with van der Waals surface area (Å²) in [5, 5.41) is 3.36. The van der Waals surface area contributed by atoms with Gasteiger partial charge in [0.1, 0.15) is 0 Å². The van der Waals surface area contributed by atoms with Crippen molar-refractivity contribution >= 4 is 0 Å². The fourth-order valence-corrected chi connectivity index (χ4v) is 1.83. The number of nitrogens with one attached hydrogen (secondary N) is 1. The van der Waals surface area contributed by atoms with Crippen LogP contribution < -0.4 is 5.32 Å². The van der Waals surface area contributed by atoms with Gasteiger partial charge in [-0.2, -0.15) is 0 Å². The van der Waals surface area contributed by atoms with Crippen molar-refractivity contribution in [3.05, 3.63) is 35.4 Å². The molecule has 0 aliphatic carbocycles. The molecule has 1 aromatic carbocycles.